The van der Waals surface area contributed by atoms with E-state index in [0.717, 1.165) is 16.8 Å². The smallest absolute Gasteiger partial charge is 0.251 e. The van der Waals surface area contributed by atoms with Crippen LogP contribution >= 0.6 is 11.6 Å². The van der Waals surface area contributed by atoms with Gasteiger partial charge in [0.2, 0.25) is 5.91 Å². The van der Waals surface area contributed by atoms with Crippen LogP contribution in [0.25, 0.3) is 0 Å². The molecule has 2 amide bonds. The molecule has 0 saturated carbocycles. The molecular weight excluding hydrogens is 398 g/mol. The summed E-state index contributed by atoms with van der Waals surface area (Å²) < 4.78 is 0. The van der Waals surface area contributed by atoms with Crippen LogP contribution in [-0.4, -0.2) is 18.4 Å². The van der Waals surface area contributed by atoms with Crippen LogP contribution in [0.4, 0.5) is 11.4 Å². The summed E-state index contributed by atoms with van der Waals surface area (Å²) in [6.07, 6.45) is 0. The molecule has 0 spiro atoms. The van der Waals surface area contributed by atoms with Crippen molar-refractivity contribution in [3.63, 3.8) is 0 Å². The Labute approximate surface area is 181 Å². The molecule has 0 radical (unpaired) electrons. The molecule has 3 aromatic rings. The topological polar surface area (TPSA) is 70.2 Å². The molecule has 0 aliphatic rings. The molecule has 1 unspecified atom stereocenters. The van der Waals surface area contributed by atoms with Crippen molar-refractivity contribution in [2.45, 2.75) is 19.9 Å². The second kappa shape index (κ2) is 9.94. The lowest BCUT2D eigenvalue weighted by atomic mass is 10.1. The molecule has 3 aromatic carbocycles. The number of hydrogen-bond donors (Lipinski definition) is 3. The first kappa shape index (κ1) is 21.4. The van der Waals surface area contributed by atoms with Gasteiger partial charge in [-0.2, -0.15) is 0 Å². The van der Waals surface area contributed by atoms with Gasteiger partial charge in [-0.3, -0.25) is 9.59 Å². The van der Waals surface area contributed by atoms with Gasteiger partial charge in [0.15, 0.2) is 0 Å². The number of amides is 2. The second-order valence-corrected chi connectivity index (χ2v) is 7.46. The summed E-state index contributed by atoms with van der Waals surface area (Å²) in [5, 5.41) is 9.46. The Morgan fingerprint density at radius 1 is 0.933 bits per heavy atom. The van der Waals surface area contributed by atoms with E-state index in [9.17, 15) is 9.59 Å². The number of rotatable bonds is 7. The zero-order valence-electron chi connectivity index (χ0n) is 16.9. The average Bonchev–Trinajstić information content (AvgIpc) is 2.75. The van der Waals surface area contributed by atoms with Gasteiger partial charge in [-0.15, -0.1) is 0 Å². The van der Waals surface area contributed by atoms with Gasteiger partial charge in [-0.25, -0.2) is 0 Å². The number of carbonyl (C=O) groups is 2. The van der Waals surface area contributed by atoms with Gasteiger partial charge in [0.05, 0.1) is 12.6 Å². The lowest BCUT2D eigenvalue weighted by Crippen LogP contribution is -2.27. The summed E-state index contributed by atoms with van der Waals surface area (Å²) in [5.41, 5.74) is 3.81. The molecule has 154 valence electrons. The first-order valence-electron chi connectivity index (χ1n) is 9.68. The summed E-state index contributed by atoms with van der Waals surface area (Å²) in [6.45, 7) is 3.94. The number of nitrogens with one attached hydrogen (secondary N) is 3. The Morgan fingerprint density at radius 3 is 2.43 bits per heavy atom. The standard InChI is InChI=1S/C24H24ClN3O2/c1-16-11-12-20(14-22(16)25)26-15-23(29)28-21-10-6-9-19(13-21)24(30)27-17(2)18-7-4-3-5-8-18/h3-14,17,26H,15H2,1-2H3,(H,27,30)(H,28,29). The van der Waals surface area contributed by atoms with Gasteiger partial charge in [0, 0.05) is 22.0 Å². The van der Waals surface area contributed by atoms with E-state index in [1.165, 1.54) is 0 Å². The first-order chi connectivity index (χ1) is 14.4. The van der Waals surface area contributed by atoms with Gasteiger partial charge in [-0.05, 0) is 55.3 Å². The van der Waals surface area contributed by atoms with Crippen molar-refractivity contribution in [1.29, 1.82) is 0 Å². The van der Waals surface area contributed by atoms with Crippen LogP contribution in [0.3, 0.4) is 0 Å². The van der Waals surface area contributed by atoms with E-state index in [2.05, 4.69) is 16.0 Å². The van der Waals surface area contributed by atoms with Gasteiger partial charge < -0.3 is 16.0 Å². The fraction of sp³-hybridized carbons (Fsp3) is 0.167. The number of hydrogen-bond acceptors (Lipinski definition) is 3. The monoisotopic (exact) mass is 421 g/mol. The minimum Gasteiger partial charge on any atom is -0.376 e. The van der Waals surface area contributed by atoms with Crippen LogP contribution in [0.5, 0.6) is 0 Å². The zero-order chi connectivity index (χ0) is 21.5. The third-order valence-electron chi connectivity index (χ3n) is 4.68. The molecule has 0 aliphatic carbocycles. The predicted octanol–water partition coefficient (Wildman–Crippen LogP) is 5.19. The number of benzene rings is 3. The number of aryl methyl sites for hydroxylation is 1. The molecule has 30 heavy (non-hydrogen) atoms. The van der Waals surface area contributed by atoms with Crippen LogP contribution < -0.4 is 16.0 Å². The second-order valence-electron chi connectivity index (χ2n) is 7.05. The van der Waals surface area contributed by atoms with Crippen molar-refractivity contribution in [3.05, 3.63) is 94.5 Å². The lowest BCUT2D eigenvalue weighted by Gasteiger charge is -2.15. The average molecular weight is 422 g/mol. The predicted molar refractivity (Wildman–Crippen MR) is 122 cm³/mol. The summed E-state index contributed by atoms with van der Waals surface area (Å²) in [5.74, 6) is -0.420. The minimum absolute atomic E-state index is 0.0842. The molecule has 6 heteroatoms. The van der Waals surface area contributed by atoms with E-state index < -0.39 is 0 Å². The zero-order valence-corrected chi connectivity index (χ0v) is 17.7. The fourth-order valence-electron chi connectivity index (χ4n) is 2.93. The molecule has 0 heterocycles. The number of halogens is 1. The van der Waals surface area contributed by atoms with Crippen LogP contribution in [0.2, 0.25) is 5.02 Å². The van der Waals surface area contributed by atoms with Crippen LogP contribution in [-0.2, 0) is 4.79 Å². The van der Waals surface area contributed by atoms with Gasteiger partial charge in [-0.1, -0.05) is 54.1 Å². The Morgan fingerprint density at radius 2 is 1.70 bits per heavy atom. The molecule has 0 aliphatic heterocycles. The fourth-order valence-corrected chi connectivity index (χ4v) is 3.11. The maximum Gasteiger partial charge on any atom is 0.251 e. The third kappa shape index (κ3) is 5.84. The Hall–Kier alpha value is -3.31. The highest BCUT2D eigenvalue weighted by Crippen LogP contribution is 2.20. The van der Waals surface area contributed by atoms with E-state index in [-0.39, 0.29) is 24.4 Å². The molecule has 3 rings (SSSR count). The Bertz CT molecular complexity index is 1040. The van der Waals surface area contributed by atoms with Crippen molar-refractivity contribution < 1.29 is 9.59 Å². The van der Waals surface area contributed by atoms with E-state index in [4.69, 9.17) is 11.6 Å². The van der Waals surface area contributed by atoms with Gasteiger partial charge in [0.25, 0.3) is 5.91 Å². The normalized spacial score (nSPS) is 11.4. The van der Waals surface area contributed by atoms with Crippen molar-refractivity contribution in [2.75, 3.05) is 17.2 Å². The van der Waals surface area contributed by atoms with E-state index in [1.807, 2.05) is 56.3 Å². The summed E-state index contributed by atoms with van der Waals surface area (Å²) in [7, 11) is 0. The molecule has 0 fully saturated rings. The molecule has 0 saturated heterocycles. The number of anilines is 2. The Kier molecular flexibility index (Phi) is 7.09. The summed E-state index contributed by atoms with van der Waals surface area (Å²) >= 11 is 6.10. The maximum absolute atomic E-state index is 12.6. The quantitative estimate of drug-likeness (QED) is 0.491. The molecule has 5 nitrogen and oxygen atoms in total. The Balaban J connectivity index is 1.57. The number of carbonyl (C=O) groups excluding carboxylic acids is 2. The molecule has 0 bridgehead atoms. The van der Waals surface area contributed by atoms with Crippen molar-refractivity contribution in [2.24, 2.45) is 0 Å². The largest absolute Gasteiger partial charge is 0.376 e. The summed E-state index contributed by atoms with van der Waals surface area (Å²) in [4.78, 5) is 24.9. The van der Waals surface area contributed by atoms with E-state index in [0.29, 0.717) is 16.3 Å². The van der Waals surface area contributed by atoms with Crippen LogP contribution in [0.1, 0.15) is 34.5 Å². The molecule has 3 N–H and O–H groups in total. The molecule has 0 aromatic heterocycles. The molecular formula is C24H24ClN3O2. The van der Waals surface area contributed by atoms with E-state index in [1.54, 1.807) is 30.3 Å². The minimum atomic E-state index is -0.220. The molecule has 1 atom stereocenters. The maximum atomic E-state index is 12.6. The van der Waals surface area contributed by atoms with Crippen molar-refractivity contribution in [1.82, 2.24) is 5.32 Å². The van der Waals surface area contributed by atoms with Gasteiger partial charge in [0.1, 0.15) is 0 Å². The van der Waals surface area contributed by atoms with Crippen molar-refractivity contribution >= 4 is 34.8 Å². The van der Waals surface area contributed by atoms with Gasteiger partial charge >= 0.3 is 0 Å². The van der Waals surface area contributed by atoms with Crippen molar-refractivity contribution in [3.8, 4) is 0 Å². The summed E-state index contributed by atoms with van der Waals surface area (Å²) in [6, 6.07) is 22.0. The highest BCUT2D eigenvalue weighted by atomic mass is 35.5. The lowest BCUT2D eigenvalue weighted by molar-refractivity contribution is -0.114. The third-order valence-corrected chi connectivity index (χ3v) is 5.09. The first-order valence-corrected chi connectivity index (χ1v) is 10.1. The van der Waals surface area contributed by atoms with Crippen LogP contribution in [0, 0.1) is 6.92 Å². The van der Waals surface area contributed by atoms with Crippen LogP contribution in [0.15, 0.2) is 72.8 Å². The van der Waals surface area contributed by atoms with E-state index >= 15 is 0 Å². The SMILES string of the molecule is Cc1ccc(NCC(=O)Nc2cccc(C(=O)NC(C)c3ccccc3)c2)cc1Cl. The highest BCUT2D eigenvalue weighted by Gasteiger charge is 2.12. The highest BCUT2D eigenvalue weighted by molar-refractivity contribution is 6.31.